The topological polar surface area (TPSA) is 51.4 Å². The van der Waals surface area contributed by atoms with Crippen molar-refractivity contribution in [2.75, 3.05) is 25.6 Å². The first-order valence-electron chi connectivity index (χ1n) is 4.93. The standard InChI is InChI=1S/C11H19N3O/c1-11(2,8-15-12)9-6-5-7-13-10(9)14(3)4/h5-7H,8,12H2,1-4H3. The van der Waals surface area contributed by atoms with E-state index in [2.05, 4.69) is 24.9 Å². The number of pyridine rings is 1. The van der Waals surface area contributed by atoms with Crippen molar-refractivity contribution in [1.82, 2.24) is 4.98 Å². The van der Waals surface area contributed by atoms with E-state index in [4.69, 9.17) is 10.7 Å². The van der Waals surface area contributed by atoms with Gasteiger partial charge in [0.25, 0.3) is 0 Å². The van der Waals surface area contributed by atoms with E-state index >= 15 is 0 Å². The molecule has 0 aliphatic carbocycles. The van der Waals surface area contributed by atoms with Crippen molar-refractivity contribution in [2.24, 2.45) is 5.90 Å². The summed E-state index contributed by atoms with van der Waals surface area (Å²) in [7, 11) is 3.95. The van der Waals surface area contributed by atoms with Crippen molar-refractivity contribution in [1.29, 1.82) is 0 Å². The summed E-state index contributed by atoms with van der Waals surface area (Å²) >= 11 is 0. The fourth-order valence-corrected chi connectivity index (χ4v) is 1.57. The summed E-state index contributed by atoms with van der Waals surface area (Å²) in [6.07, 6.45) is 1.79. The molecule has 0 saturated heterocycles. The SMILES string of the molecule is CN(C)c1ncccc1C(C)(C)CON. The summed E-state index contributed by atoms with van der Waals surface area (Å²) in [4.78, 5) is 11.1. The molecule has 0 radical (unpaired) electrons. The fraction of sp³-hybridized carbons (Fsp3) is 0.545. The van der Waals surface area contributed by atoms with E-state index in [0.717, 1.165) is 11.4 Å². The highest BCUT2D eigenvalue weighted by molar-refractivity contribution is 5.49. The van der Waals surface area contributed by atoms with Crippen molar-refractivity contribution >= 4 is 5.82 Å². The largest absolute Gasteiger partial charge is 0.363 e. The molecule has 1 heterocycles. The van der Waals surface area contributed by atoms with Crippen LogP contribution in [0.15, 0.2) is 18.3 Å². The van der Waals surface area contributed by atoms with Gasteiger partial charge in [-0.3, -0.25) is 0 Å². The van der Waals surface area contributed by atoms with Gasteiger partial charge in [0, 0.05) is 31.3 Å². The van der Waals surface area contributed by atoms with Crippen LogP contribution >= 0.6 is 0 Å². The molecule has 0 spiro atoms. The molecule has 4 heteroatoms. The third kappa shape index (κ3) is 2.67. The van der Waals surface area contributed by atoms with Gasteiger partial charge in [-0.2, -0.15) is 0 Å². The number of hydrogen-bond acceptors (Lipinski definition) is 4. The van der Waals surface area contributed by atoms with E-state index in [1.807, 2.05) is 25.1 Å². The maximum Gasteiger partial charge on any atom is 0.131 e. The van der Waals surface area contributed by atoms with Gasteiger partial charge in [0.15, 0.2) is 0 Å². The Bertz CT molecular complexity index is 323. The van der Waals surface area contributed by atoms with Gasteiger partial charge in [-0.05, 0) is 6.07 Å². The summed E-state index contributed by atoms with van der Waals surface area (Å²) < 4.78 is 0. The Morgan fingerprint density at radius 3 is 2.67 bits per heavy atom. The molecular formula is C11H19N3O. The van der Waals surface area contributed by atoms with Crippen molar-refractivity contribution in [3.63, 3.8) is 0 Å². The molecule has 0 amide bonds. The predicted octanol–water partition coefficient (Wildman–Crippen LogP) is 1.32. The Balaban J connectivity index is 3.12. The minimum absolute atomic E-state index is 0.136. The molecule has 1 rings (SSSR count). The van der Waals surface area contributed by atoms with E-state index in [-0.39, 0.29) is 5.41 Å². The summed E-state index contributed by atoms with van der Waals surface area (Å²) in [5.74, 6) is 6.10. The Labute approximate surface area is 91.0 Å². The zero-order valence-corrected chi connectivity index (χ0v) is 9.82. The van der Waals surface area contributed by atoms with Crippen LogP contribution in [0.4, 0.5) is 5.82 Å². The second-order valence-electron chi connectivity index (χ2n) is 4.46. The van der Waals surface area contributed by atoms with Gasteiger partial charge in [0.05, 0.1) is 6.61 Å². The maximum atomic E-state index is 5.14. The Hall–Kier alpha value is -1.13. The third-order valence-corrected chi connectivity index (χ3v) is 2.38. The molecule has 1 aromatic heterocycles. The highest BCUT2D eigenvalue weighted by atomic mass is 16.6. The first-order valence-corrected chi connectivity index (χ1v) is 4.93. The van der Waals surface area contributed by atoms with Crippen molar-refractivity contribution in [3.8, 4) is 0 Å². The van der Waals surface area contributed by atoms with Crippen LogP contribution in [-0.4, -0.2) is 25.7 Å². The lowest BCUT2D eigenvalue weighted by molar-refractivity contribution is 0.0965. The number of anilines is 1. The number of hydrogen-bond donors (Lipinski definition) is 1. The molecule has 1 aromatic rings. The molecule has 84 valence electrons. The van der Waals surface area contributed by atoms with E-state index in [1.54, 1.807) is 6.20 Å². The summed E-state index contributed by atoms with van der Waals surface area (Å²) in [6, 6.07) is 3.99. The number of aromatic nitrogens is 1. The lowest BCUT2D eigenvalue weighted by Gasteiger charge is -2.27. The van der Waals surface area contributed by atoms with E-state index in [9.17, 15) is 0 Å². The Morgan fingerprint density at radius 2 is 2.13 bits per heavy atom. The van der Waals surface area contributed by atoms with Crippen LogP contribution in [0.2, 0.25) is 0 Å². The minimum atomic E-state index is -0.136. The predicted molar refractivity (Wildman–Crippen MR) is 61.7 cm³/mol. The van der Waals surface area contributed by atoms with E-state index in [0.29, 0.717) is 6.61 Å². The van der Waals surface area contributed by atoms with Crippen LogP contribution in [0.1, 0.15) is 19.4 Å². The molecule has 0 aliphatic rings. The summed E-state index contributed by atoms with van der Waals surface area (Å²) in [5.41, 5.74) is 1.00. The first-order chi connectivity index (χ1) is 6.99. The second-order valence-corrected chi connectivity index (χ2v) is 4.46. The number of nitrogens with zero attached hydrogens (tertiary/aromatic N) is 2. The van der Waals surface area contributed by atoms with Gasteiger partial charge in [-0.15, -0.1) is 0 Å². The van der Waals surface area contributed by atoms with Crippen LogP contribution in [0.25, 0.3) is 0 Å². The summed E-state index contributed by atoms with van der Waals surface area (Å²) in [6.45, 7) is 4.65. The van der Waals surface area contributed by atoms with Crippen LogP contribution in [0, 0.1) is 0 Å². The zero-order valence-electron chi connectivity index (χ0n) is 9.82. The second kappa shape index (κ2) is 4.59. The van der Waals surface area contributed by atoms with Crippen molar-refractivity contribution < 1.29 is 4.84 Å². The van der Waals surface area contributed by atoms with Crippen LogP contribution < -0.4 is 10.8 Å². The molecule has 4 nitrogen and oxygen atoms in total. The average Bonchev–Trinajstić information content (AvgIpc) is 2.17. The number of nitrogens with two attached hydrogens (primary N) is 1. The van der Waals surface area contributed by atoms with Gasteiger partial charge >= 0.3 is 0 Å². The maximum absolute atomic E-state index is 5.14. The van der Waals surface area contributed by atoms with Gasteiger partial charge in [-0.25, -0.2) is 10.9 Å². The molecule has 0 aliphatic heterocycles. The molecule has 2 N–H and O–H groups in total. The highest BCUT2D eigenvalue weighted by Gasteiger charge is 2.25. The molecule has 0 fully saturated rings. The molecular weight excluding hydrogens is 190 g/mol. The fourth-order valence-electron chi connectivity index (χ4n) is 1.57. The smallest absolute Gasteiger partial charge is 0.131 e. The van der Waals surface area contributed by atoms with Crippen LogP contribution in [0.5, 0.6) is 0 Å². The lowest BCUT2D eigenvalue weighted by Crippen LogP contribution is -2.29. The monoisotopic (exact) mass is 209 g/mol. The van der Waals surface area contributed by atoms with E-state index < -0.39 is 0 Å². The lowest BCUT2D eigenvalue weighted by atomic mass is 9.85. The van der Waals surface area contributed by atoms with Gasteiger partial charge in [0.1, 0.15) is 5.82 Å². The van der Waals surface area contributed by atoms with E-state index in [1.165, 1.54) is 0 Å². The molecule has 0 unspecified atom stereocenters. The Morgan fingerprint density at radius 1 is 1.47 bits per heavy atom. The van der Waals surface area contributed by atoms with Crippen molar-refractivity contribution in [2.45, 2.75) is 19.3 Å². The molecule has 0 bridgehead atoms. The quantitative estimate of drug-likeness (QED) is 0.760. The van der Waals surface area contributed by atoms with Gasteiger partial charge in [0.2, 0.25) is 0 Å². The normalized spacial score (nSPS) is 11.5. The summed E-state index contributed by atoms with van der Waals surface area (Å²) in [5, 5.41) is 0. The first kappa shape index (κ1) is 11.9. The molecule has 0 saturated carbocycles. The number of rotatable bonds is 4. The van der Waals surface area contributed by atoms with Crippen LogP contribution in [0.3, 0.4) is 0 Å². The zero-order chi connectivity index (χ0) is 11.5. The van der Waals surface area contributed by atoms with Crippen molar-refractivity contribution in [3.05, 3.63) is 23.9 Å². The Kier molecular flexibility index (Phi) is 3.66. The average molecular weight is 209 g/mol. The van der Waals surface area contributed by atoms with Crippen LogP contribution in [-0.2, 0) is 10.3 Å². The molecule has 0 atom stereocenters. The minimum Gasteiger partial charge on any atom is -0.363 e. The van der Waals surface area contributed by atoms with Gasteiger partial charge in [-0.1, -0.05) is 19.9 Å². The van der Waals surface area contributed by atoms with Gasteiger partial charge < -0.3 is 9.74 Å². The molecule has 0 aromatic carbocycles. The molecule has 15 heavy (non-hydrogen) atoms. The highest BCUT2D eigenvalue weighted by Crippen LogP contribution is 2.29. The third-order valence-electron chi connectivity index (χ3n) is 2.38.